The number of fused-ring (bicyclic) bond motifs is 1. The summed E-state index contributed by atoms with van der Waals surface area (Å²) in [6.45, 7) is 9.98. The van der Waals surface area contributed by atoms with Gasteiger partial charge in [0.2, 0.25) is 5.82 Å². The van der Waals surface area contributed by atoms with Gasteiger partial charge in [0.15, 0.2) is 0 Å². The molecule has 0 spiro atoms. The quantitative estimate of drug-likeness (QED) is 0.308. The van der Waals surface area contributed by atoms with Crippen LogP contribution in [-0.2, 0) is 11.3 Å². The predicted molar refractivity (Wildman–Crippen MR) is 143 cm³/mol. The molecule has 0 saturated heterocycles. The van der Waals surface area contributed by atoms with Crippen LogP contribution in [0, 0.1) is 11.8 Å². The zero-order chi connectivity index (χ0) is 26.1. The summed E-state index contributed by atoms with van der Waals surface area (Å²) in [4.78, 5) is 28.6. The first-order chi connectivity index (χ1) is 17.8. The van der Waals surface area contributed by atoms with Crippen LogP contribution in [0.2, 0.25) is 5.02 Å². The highest BCUT2D eigenvalue weighted by Gasteiger charge is 2.26. The number of nitrogens with one attached hydrogen (secondary N) is 1. The molecule has 0 radical (unpaired) electrons. The number of rotatable bonds is 8. The minimum Gasteiger partial charge on any atom is -0.378 e. The largest absolute Gasteiger partial charge is 0.439 e. The lowest BCUT2D eigenvalue weighted by Crippen LogP contribution is -2.21. The number of nitrogens with zero attached hydrogens (tertiary/aromatic N) is 5. The monoisotopic (exact) mass is 524 g/mol. The molecule has 9 nitrogen and oxygen atoms in total. The van der Waals surface area contributed by atoms with Crippen molar-refractivity contribution in [3.05, 3.63) is 45.9 Å². The molecule has 0 bridgehead atoms. The number of imidazole rings is 1. The van der Waals surface area contributed by atoms with Crippen molar-refractivity contribution in [2.24, 2.45) is 11.8 Å². The van der Waals surface area contributed by atoms with Gasteiger partial charge in [-0.3, -0.25) is 14.5 Å². The van der Waals surface area contributed by atoms with Crippen LogP contribution in [0.1, 0.15) is 65.1 Å². The molecule has 10 heteroatoms. The average molecular weight is 525 g/mol. The van der Waals surface area contributed by atoms with Crippen LogP contribution in [0.25, 0.3) is 33.8 Å². The second-order valence-electron chi connectivity index (χ2n) is 10.5. The number of aromatic nitrogens is 6. The summed E-state index contributed by atoms with van der Waals surface area (Å²) in [5, 5.41) is 4.37. The molecular formula is C27H33ClN6O3. The molecule has 4 aromatic rings. The molecule has 1 atom stereocenters. The molecule has 196 valence electrons. The van der Waals surface area contributed by atoms with Crippen molar-refractivity contribution in [3.8, 4) is 22.8 Å². The molecule has 5 rings (SSSR count). The van der Waals surface area contributed by atoms with Crippen molar-refractivity contribution in [2.45, 2.75) is 71.9 Å². The summed E-state index contributed by atoms with van der Waals surface area (Å²) in [7, 11) is 0. The first-order valence-corrected chi connectivity index (χ1v) is 13.4. The lowest BCUT2D eigenvalue weighted by molar-refractivity contribution is 0.0681. The molecule has 0 aliphatic heterocycles. The lowest BCUT2D eigenvalue weighted by atomic mass is 9.83. The van der Waals surface area contributed by atoms with E-state index < -0.39 is 5.76 Å². The average Bonchev–Trinajstić information content (AvgIpc) is 3.47. The van der Waals surface area contributed by atoms with Crippen LogP contribution in [-0.4, -0.2) is 42.4 Å². The maximum absolute atomic E-state index is 11.7. The fourth-order valence-electron chi connectivity index (χ4n) is 5.12. The van der Waals surface area contributed by atoms with Crippen LogP contribution in [0.5, 0.6) is 0 Å². The third-order valence-electron chi connectivity index (χ3n) is 7.11. The van der Waals surface area contributed by atoms with Gasteiger partial charge in [0.1, 0.15) is 11.5 Å². The van der Waals surface area contributed by atoms with E-state index >= 15 is 0 Å². The molecule has 1 N–H and O–H groups in total. The van der Waals surface area contributed by atoms with Gasteiger partial charge >= 0.3 is 5.76 Å². The minimum atomic E-state index is -0.639. The first-order valence-electron chi connectivity index (χ1n) is 13.0. The molecule has 0 amide bonds. The minimum absolute atomic E-state index is 0.0676. The van der Waals surface area contributed by atoms with Gasteiger partial charge in [-0.2, -0.15) is 0 Å². The molecule has 1 fully saturated rings. The molecule has 1 aliphatic carbocycles. The molecule has 1 saturated carbocycles. The van der Waals surface area contributed by atoms with Crippen LogP contribution in [0.15, 0.2) is 33.8 Å². The number of hydrogen-bond donors (Lipinski definition) is 1. The van der Waals surface area contributed by atoms with Crippen LogP contribution >= 0.6 is 11.6 Å². The fourth-order valence-corrected chi connectivity index (χ4v) is 5.29. The Kier molecular flexibility index (Phi) is 7.44. The Morgan fingerprint density at radius 3 is 2.62 bits per heavy atom. The SMILES string of the molecule is CC1CCC(Cn2c(C(C)COC(C)C)nc3cc(-c4noc(=O)[nH]4)nc(-c4cncc(Cl)c4)c32)CC1. The normalized spacial score (nSPS) is 19.1. The zero-order valence-corrected chi connectivity index (χ0v) is 22.5. The molecule has 1 aliphatic rings. The van der Waals surface area contributed by atoms with Gasteiger partial charge in [0, 0.05) is 30.4 Å². The number of ether oxygens (including phenoxy) is 1. The third-order valence-corrected chi connectivity index (χ3v) is 7.32. The lowest BCUT2D eigenvalue weighted by Gasteiger charge is -2.28. The Hall–Kier alpha value is -3.04. The Morgan fingerprint density at radius 1 is 1.16 bits per heavy atom. The summed E-state index contributed by atoms with van der Waals surface area (Å²) >= 11 is 6.34. The van der Waals surface area contributed by atoms with E-state index in [2.05, 4.69) is 33.5 Å². The maximum Gasteiger partial charge on any atom is 0.439 e. The van der Waals surface area contributed by atoms with Crippen molar-refractivity contribution < 1.29 is 9.26 Å². The van der Waals surface area contributed by atoms with E-state index in [0.29, 0.717) is 28.9 Å². The number of H-pyrrole nitrogens is 1. The first kappa shape index (κ1) is 25.6. The topological polar surface area (TPSA) is 112 Å². The number of hydrogen-bond acceptors (Lipinski definition) is 7. The molecule has 0 aromatic carbocycles. The Labute approximate surface area is 220 Å². The van der Waals surface area contributed by atoms with Crippen molar-refractivity contribution in [1.29, 1.82) is 0 Å². The molecular weight excluding hydrogens is 492 g/mol. The second-order valence-corrected chi connectivity index (χ2v) is 11.0. The number of pyridine rings is 2. The summed E-state index contributed by atoms with van der Waals surface area (Å²) in [6, 6.07) is 3.69. The van der Waals surface area contributed by atoms with Gasteiger partial charge in [-0.15, -0.1) is 0 Å². The fraction of sp³-hybridized carbons (Fsp3) is 0.519. The van der Waals surface area contributed by atoms with E-state index in [-0.39, 0.29) is 17.8 Å². The number of halogens is 1. The smallest absolute Gasteiger partial charge is 0.378 e. The zero-order valence-electron chi connectivity index (χ0n) is 21.7. The Balaban J connectivity index is 1.70. The number of aromatic amines is 1. The second kappa shape index (κ2) is 10.8. The van der Waals surface area contributed by atoms with E-state index in [0.717, 1.165) is 34.9 Å². The highest BCUT2D eigenvalue weighted by atomic mass is 35.5. The van der Waals surface area contributed by atoms with Gasteiger partial charge in [-0.05, 0) is 50.7 Å². The summed E-state index contributed by atoms with van der Waals surface area (Å²) in [5.41, 5.74) is 3.60. The molecule has 4 aromatic heterocycles. The van der Waals surface area contributed by atoms with Crippen LogP contribution in [0.3, 0.4) is 0 Å². The molecule has 1 unspecified atom stereocenters. The molecule has 37 heavy (non-hydrogen) atoms. The third kappa shape index (κ3) is 5.62. The van der Waals surface area contributed by atoms with Crippen molar-refractivity contribution in [1.82, 2.24) is 29.7 Å². The van der Waals surface area contributed by atoms with Crippen molar-refractivity contribution in [3.63, 3.8) is 0 Å². The Bertz CT molecular complexity index is 1430. The van der Waals surface area contributed by atoms with E-state index in [4.69, 9.17) is 30.8 Å². The van der Waals surface area contributed by atoms with Gasteiger partial charge in [-0.1, -0.05) is 43.4 Å². The van der Waals surface area contributed by atoms with E-state index in [9.17, 15) is 4.79 Å². The van der Waals surface area contributed by atoms with Gasteiger partial charge < -0.3 is 9.30 Å². The van der Waals surface area contributed by atoms with E-state index in [1.165, 1.54) is 25.7 Å². The highest BCUT2D eigenvalue weighted by Crippen LogP contribution is 2.36. The highest BCUT2D eigenvalue weighted by molar-refractivity contribution is 6.30. The van der Waals surface area contributed by atoms with Gasteiger partial charge in [-0.25, -0.2) is 14.8 Å². The maximum atomic E-state index is 11.7. The van der Waals surface area contributed by atoms with Crippen molar-refractivity contribution in [2.75, 3.05) is 6.61 Å². The van der Waals surface area contributed by atoms with Crippen LogP contribution in [0.4, 0.5) is 0 Å². The molecule has 4 heterocycles. The predicted octanol–water partition coefficient (Wildman–Crippen LogP) is 5.84. The standard InChI is InChI=1S/C27H33ClN6O3/c1-15(2)36-14-17(4)26-31-21-10-22(25-32-27(35)37-33-25)30-23(19-9-20(28)12-29-11-19)24(21)34(26)13-18-7-5-16(3)6-8-18/h9-12,15-18H,5-8,13-14H2,1-4H3,(H,32,33,35). The van der Waals surface area contributed by atoms with E-state index in [1.54, 1.807) is 12.4 Å². The van der Waals surface area contributed by atoms with Gasteiger partial charge in [0.25, 0.3) is 0 Å². The summed E-state index contributed by atoms with van der Waals surface area (Å²) < 4.78 is 13.1. The Morgan fingerprint density at radius 2 is 1.95 bits per heavy atom. The van der Waals surface area contributed by atoms with Crippen molar-refractivity contribution >= 4 is 22.6 Å². The van der Waals surface area contributed by atoms with E-state index in [1.807, 2.05) is 26.0 Å². The summed E-state index contributed by atoms with van der Waals surface area (Å²) in [5.74, 6) is 1.96. The summed E-state index contributed by atoms with van der Waals surface area (Å²) in [6.07, 6.45) is 8.34. The van der Waals surface area contributed by atoms with Gasteiger partial charge in [0.05, 0.1) is 34.5 Å². The van der Waals surface area contributed by atoms with Crippen LogP contribution < -0.4 is 5.76 Å².